The Morgan fingerprint density at radius 3 is 1.94 bits per heavy atom. The van der Waals surface area contributed by atoms with Crippen molar-refractivity contribution in [3.8, 4) is 16.9 Å². The molecule has 0 heterocycles. The van der Waals surface area contributed by atoms with E-state index in [-0.39, 0.29) is 24.3 Å². The maximum Gasteiger partial charge on any atom is 0.419 e. The third-order valence-electron chi connectivity index (χ3n) is 6.63. The van der Waals surface area contributed by atoms with Gasteiger partial charge in [-0.1, -0.05) is 57.6 Å². The molecule has 1 fully saturated rings. The fourth-order valence-corrected chi connectivity index (χ4v) is 4.92. The molecule has 0 saturated heterocycles. The minimum atomic E-state index is -4.95. The summed E-state index contributed by atoms with van der Waals surface area (Å²) in [6.45, 7) is 3.81. The van der Waals surface area contributed by atoms with Gasteiger partial charge in [-0.2, -0.15) is 17.6 Å². The average Bonchev–Trinajstić information content (AvgIpc) is 2.76. The van der Waals surface area contributed by atoms with Crippen molar-refractivity contribution in [2.75, 3.05) is 6.61 Å². The first-order valence-electron chi connectivity index (χ1n) is 11.7. The number of halogens is 6. The lowest BCUT2D eigenvalue weighted by Crippen LogP contribution is -2.17. The van der Waals surface area contributed by atoms with Gasteiger partial charge in [0.15, 0.2) is 11.6 Å². The number of aryl methyl sites for hydroxylation is 1. The second-order valence-electron chi connectivity index (χ2n) is 8.85. The number of hydrogen-bond acceptors (Lipinski definition) is 1. The Bertz CT molecular complexity index is 945. The third-order valence-corrected chi connectivity index (χ3v) is 6.63. The Morgan fingerprint density at radius 1 is 0.788 bits per heavy atom. The smallest absolute Gasteiger partial charge is 0.419 e. The molecule has 1 nitrogen and oxygen atoms in total. The van der Waals surface area contributed by atoms with E-state index in [0.717, 1.165) is 50.3 Å². The molecule has 1 aliphatic carbocycles. The van der Waals surface area contributed by atoms with Gasteiger partial charge in [-0.25, -0.2) is 8.78 Å². The summed E-state index contributed by atoms with van der Waals surface area (Å²) < 4.78 is 90.4. The number of hydrogen-bond donors (Lipinski definition) is 0. The van der Waals surface area contributed by atoms with Crippen LogP contribution in [0.5, 0.6) is 5.75 Å². The van der Waals surface area contributed by atoms with Crippen molar-refractivity contribution >= 4 is 0 Å². The molecule has 0 N–H and O–H groups in total. The molecular weight excluding hydrogens is 442 g/mol. The van der Waals surface area contributed by atoms with Crippen LogP contribution < -0.4 is 4.74 Å². The summed E-state index contributed by atoms with van der Waals surface area (Å²) in [6.07, 6.45) is 2.12. The molecule has 0 aromatic heterocycles. The summed E-state index contributed by atoms with van der Waals surface area (Å²) in [5, 5.41) is 0. The molecule has 1 saturated carbocycles. The minimum absolute atomic E-state index is 0.0806. The normalized spacial score (nSPS) is 19.0. The fourth-order valence-electron chi connectivity index (χ4n) is 4.92. The van der Waals surface area contributed by atoms with E-state index in [0.29, 0.717) is 18.3 Å². The van der Waals surface area contributed by atoms with Gasteiger partial charge in [-0.05, 0) is 49.3 Å². The molecule has 0 bridgehead atoms. The van der Waals surface area contributed by atoms with E-state index in [2.05, 4.69) is 6.92 Å². The molecular formula is C26H30F6O. The number of rotatable bonds is 8. The molecule has 33 heavy (non-hydrogen) atoms. The van der Waals surface area contributed by atoms with Crippen LogP contribution in [0.25, 0.3) is 11.1 Å². The zero-order valence-electron chi connectivity index (χ0n) is 19.0. The lowest BCUT2D eigenvalue weighted by atomic mass is 9.78. The zero-order valence-corrected chi connectivity index (χ0v) is 19.0. The van der Waals surface area contributed by atoms with Gasteiger partial charge in [0.05, 0.1) is 12.2 Å². The Morgan fingerprint density at radius 2 is 1.36 bits per heavy atom. The number of alkyl halides is 3. The summed E-state index contributed by atoms with van der Waals surface area (Å²) in [4.78, 5) is 0. The molecule has 0 amide bonds. The zero-order chi connectivity index (χ0) is 24.2. The first kappa shape index (κ1) is 25.4. The predicted octanol–water partition coefficient (Wildman–Crippen LogP) is 8.73. The highest BCUT2D eigenvalue weighted by Crippen LogP contribution is 2.41. The van der Waals surface area contributed by atoms with Crippen LogP contribution in [0.1, 0.15) is 69.9 Å². The van der Waals surface area contributed by atoms with Crippen molar-refractivity contribution in [1.82, 2.24) is 0 Å². The first-order valence-corrected chi connectivity index (χ1v) is 11.7. The highest BCUT2D eigenvalue weighted by atomic mass is 19.4. The predicted molar refractivity (Wildman–Crippen MR) is 117 cm³/mol. The Balaban J connectivity index is 1.87. The quantitative estimate of drug-likeness (QED) is 0.349. The Kier molecular flexibility index (Phi) is 8.35. The monoisotopic (exact) mass is 472 g/mol. The highest BCUT2D eigenvalue weighted by molar-refractivity contribution is 5.68. The average molecular weight is 473 g/mol. The summed E-state index contributed by atoms with van der Waals surface area (Å²) in [5.74, 6) is -3.73. The minimum Gasteiger partial charge on any atom is -0.491 e. The van der Waals surface area contributed by atoms with Gasteiger partial charge >= 0.3 is 6.18 Å². The summed E-state index contributed by atoms with van der Waals surface area (Å²) in [7, 11) is 0. The van der Waals surface area contributed by atoms with E-state index in [1.54, 1.807) is 6.92 Å². The largest absolute Gasteiger partial charge is 0.491 e. The van der Waals surface area contributed by atoms with Crippen molar-refractivity contribution in [2.24, 2.45) is 11.8 Å². The van der Waals surface area contributed by atoms with E-state index in [9.17, 15) is 22.0 Å². The van der Waals surface area contributed by atoms with Crippen molar-refractivity contribution in [3.63, 3.8) is 0 Å². The van der Waals surface area contributed by atoms with Gasteiger partial charge < -0.3 is 4.74 Å². The van der Waals surface area contributed by atoms with Gasteiger partial charge in [0.25, 0.3) is 0 Å². The van der Waals surface area contributed by atoms with Crippen molar-refractivity contribution < 1.29 is 31.1 Å². The summed E-state index contributed by atoms with van der Waals surface area (Å²) >= 11 is 0. The van der Waals surface area contributed by atoms with Crippen LogP contribution in [0.15, 0.2) is 24.3 Å². The molecule has 182 valence electrons. The van der Waals surface area contributed by atoms with Crippen molar-refractivity contribution in [1.29, 1.82) is 0 Å². The summed E-state index contributed by atoms with van der Waals surface area (Å²) in [6, 6.07) is 4.43. The van der Waals surface area contributed by atoms with Gasteiger partial charge in [0.2, 0.25) is 5.82 Å². The molecule has 0 aliphatic heterocycles. The van der Waals surface area contributed by atoms with Crippen LogP contribution in [-0.4, -0.2) is 6.61 Å². The molecule has 0 spiro atoms. The van der Waals surface area contributed by atoms with Crippen LogP contribution in [0.2, 0.25) is 0 Å². The van der Waals surface area contributed by atoms with Gasteiger partial charge in [-0.15, -0.1) is 0 Å². The molecule has 0 unspecified atom stereocenters. The topological polar surface area (TPSA) is 9.23 Å². The van der Waals surface area contributed by atoms with E-state index >= 15 is 4.39 Å². The van der Waals surface area contributed by atoms with E-state index < -0.39 is 40.3 Å². The molecule has 1 aliphatic rings. The van der Waals surface area contributed by atoms with Crippen molar-refractivity contribution in [2.45, 2.75) is 71.4 Å². The summed E-state index contributed by atoms with van der Waals surface area (Å²) in [5.41, 5.74) is -2.73. The Labute approximate surface area is 191 Å². The second kappa shape index (κ2) is 10.8. The number of benzene rings is 2. The van der Waals surface area contributed by atoms with Crippen LogP contribution in [0, 0.1) is 29.3 Å². The molecule has 3 rings (SSSR count). The number of ether oxygens (including phenoxy) is 1. The lowest BCUT2D eigenvalue weighted by Gasteiger charge is -2.28. The third kappa shape index (κ3) is 5.85. The first-order chi connectivity index (χ1) is 15.7. The molecule has 2 aromatic rings. The maximum atomic E-state index is 15.1. The fraction of sp³-hybridized carbons (Fsp3) is 0.538. The molecule has 7 heteroatoms. The van der Waals surface area contributed by atoms with Gasteiger partial charge in [-0.3, -0.25) is 0 Å². The van der Waals surface area contributed by atoms with Crippen LogP contribution in [-0.2, 0) is 12.6 Å². The second-order valence-corrected chi connectivity index (χ2v) is 8.85. The SMILES string of the molecule is CCCC1CCC(CCc2ccc(-c3ccc(OCC)c(F)c3F)c(F)c2C(F)(F)F)CC1. The Hall–Kier alpha value is -2.18. The van der Waals surface area contributed by atoms with Gasteiger partial charge in [0.1, 0.15) is 5.82 Å². The van der Waals surface area contributed by atoms with Gasteiger partial charge in [0, 0.05) is 11.1 Å². The van der Waals surface area contributed by atoms with Crippen LogP contribution in [0.4, 0.5) is 26.3 Å². The van der Waals surface area contributed by atoms with Crippen LogP contribution >= 0.6 is 0 Å². The lowest BCUT2D eigenvalue weighted by molar-refractivity contribution is -0.140. The molecule has 0 atom stereocenters. The van der Waals surface area contributed by atoms with E-state index in [4.69, 9.17) is 4.74 Å². The molecule has 2 aromatic carbocycles. The maximum absolute atomic E-state index is 15.1. The molecule has 0 radical (unpaired) electrons. The standard InChI is InChI=1S/C26H30F6O/c1-3-5-16-6-8-17(9-7-16)10-11-18-12-13-19(23(27)22(18)26(30,31)32)20-14-15-21(33-4-2)25(29)24(20)28/h12-17H,3-11H2,1-2H3. The van der Waals surface area contributed by atoms with E-state index in [1.807, 2.05) is 0 Å². The van der Waals surface area contributed by atoms with E-state index in [1.165, 1.54) is 12.5 Å². The van der Waals surface area contributed by atoms with Crippen molar-refractivity contribution in [3.05, 3.63) is 52.8 Å². The van der Waals surface area contributed by atoms with Crippen LogP contribution in [0.3, 0.4) is 0 Å². The highest BCUT2D eigenvalue weighted by Gasteiger charge is 2.38.